The Morgan fingerprint density at radius 1 is 1.43 bits per heavy atom. The summed E-state index contributed by atoms with van der Waals surface area (Å²) in [6, 6.07) is 5.68. The summed E-state index contributed by atoms with van der Waals surface area (Å²) >= 11 is 8.14. The number of amides is 1. The molecule has 0 aromatic heterocycles. The molecule has 21 heavy (non-hydrogen) atoms. The molecule has 1 aliphatic carbocycles. The van der Waals surface area contributed by atoms with E-state index < -0.39 is 0 Å². The smallest absolute Gasteiger partial charge is 0.228 e. The molecule has 1 fully saturated rings. The Balaban J connectivity index is 2.16. The van der Waals surface area contributed by atoms with Gasteiger partial charge in [-0.25, -0.2) is 0 Å². The lowest BCUT2D eigenvalue weighted by molar-refractivity contribution is -0.127. The second kappa shape index (κ2) is 6.42. The number of halogens is 2. The van der Waals surface area contributed by atoms with Gasteiger partial charge in [-0.2, -0.15) is 0 Å². The summed E-state index contributed by atoms with van der Waals surface area (Å²) in [5.74, 6) is 0.393. The van der Waals surface area contributed by atoms with Crippen molar-refractivity contribution >= 4 is 45.8 Å². The monoisotopic (exact) mass is 420 g/mol. The van der Waals surface area contributed by atoms with Gasteiger partial charge in [0.2, 0.25) is 5.91 Å². The Kier molecular flexibility index (Phi) is 5.21. The van der Waals surface area contributed by atoms with Crippen molar-refractivity contribution in [3.63, 3.8) is 0 Å². The van der Waals surface area contributed by atoms with Crippen LogP contribution >= 0.6 is 34.2 Å². The third-order valence-electron chi connectivity index (χ3n) is 5.01. The maximum absolute atomic E-state index is 12.7. The summed E-state index contributed by atoms with van der Waals surface area (Å²) in [5, 5.41) is 3.73. The molecule has 1 aromatic carbocycles. The van der Waals surface area contributed by atoms with Gasteiger partial charge in [0.05, 0.1) is 5.69 Å². The average molecular weight is 421 g/mol. The van der Waals surface area contributed by atoms with E-state index in [1.54, 1.807) is 6.07 Å². The second-order valence-corrected chi connectivity index (χ2v) is 8.12. The number of carbonyl (C=O) groups excluding carboxylic acids is 1. The van der Waals surface area contributed by atoms with Gasteiger partial charge in [0.1, 0.15) is 0 Å². The molecule has 1 amide bonds. The minimum atomic E-state index is -0.0976. The van der Waals surface area contributed by atoms with Crippen LogP contribution in [-0.2, 0) is 4.79 Å². The van der Waals surface area contributed by atoms with Crippen molar-refractivity contribution < 1.29 is 4.79 Å². The third-order valence-corrected chi connectivity index (χ3v) is 6.14. The molecule has 1 saturated carbocycles. The van der Waals surface area contributed by atoms with Crippen molar-refractivity contribution in [3.8, 4) is 0 Å². The van der Waals surface area contributed by atoms with Gasteiger partial charge in [-0.15, -0.1) is 0 Å². The maximum atomic E-state index is 12.7. The molecule has 3 N–H and O–H groups in total. The molecular weight excluding hydrogens is 399 g/mol. The zero-order valence-electron chi connectivity index (χ0n) is 12.6. The maximum Gasteiger partial charge on any atom is 0.228 e. The Morgan fingerprint density at radius 2 is 2.10 bits per heavy atom. The lowest BCUT2D eigenvalue weighted by Crippen LogP contribution is -2.50. The van der Waals surface area contributed by atoms with Crippen LogP contribution in [0.5, 0.6) is 0 Å². The SMILES string of the molecule is CC1C(N)CCC(C(=O)Nc2ccc(Cl)cc2I)C1(C)C. The molecule has 0 spiro atoms. The Morgan fingerprint density at radius 3 is 2.71 bits per heavy atom. The van der Waals surface area contributed by atoms with Crippen LogP contribution in [0.25, 0.3) is 0 Å². The van der Waals surface area contributed by atoms with E-state index in [0.29, 0.717) is 10.9 Å². The van der Waals surface area contributed by atoms with Crippen LogP contribution in [0.3, 0.4) is 0 Å². The van der Waals surface area contributed by atoms with Crippen molar-refractivity contribution in [1.29, 1.82) is 0 Å². The van der Waals surface area contributed by atoms with E-state index in [2.05, 4.69) is 48.7 Å². The predicted molar refractivity (Wildman–Crippen MR) is 96.4 cm³/mol. The number of nitrogens with one attached hydrogen (secondary N) is 1. The van der Waals surface area contributed by atoms with E-state index >= 15 is 0 Å². The molecule has 1 aliphatic rings. The minimum absolute atomic E-state index is 0.0150. The highest BCUT2D eigenvalue weighted by molar-refractivity contribution is 14.1. The summed E-state index contributed by atoms with van der Waals surface area (Å²) in [5.41, 5.74) is 6.89. The normalized spacial score (nSPS) is 28.2. The number of rotatable bonds is 2. The molecule has 0 radical (unpaired) electrons. The molecule has 1 aromatic rings. The molecule has 3 nitrogen and oxygen atoms in total. The van der Waals surface area contributed by atoms with Crippen molar-refractivity contribution in [3.05, 3.63) is 26.8 Å². The first kappa shape index (κ1) is 17.0. The third kappa shape index (κ3) is 3.54. The Bertz CT molecular complexity index is 547. The lowest BCUT2D eigenvalue weighted by atomic mass is 9.61. The molecular formula is C16H22ClIN2O. The Labute approximate surface area is 145 Å². The number of hydrogen-bond donors (Lipinski definition) is 2. The molecule has 2 rings (SSSR count). The lowest BCUT2D eigenvalue weighted by Gasteiger charge is -2.46. The highest BCUT2D eigenvalue weighted by Crippen LogP contribution is 2.44. The topological polar surface area (TPSA) is 55.1 Å². The van der Waals surface area contributed by atoms with E-state index in [9.17, 15) is 4.79 Å². The van der Waals surface area contributed by atoms with Gasteiger partial charge in [-0.05, 0) is 65.0 Å². The number of hydrogen-bond acceptors (Lipinski definition) is 2. The molecule has 0 bridgehead atoms. The van der Waals surface area contributed by atoms with Crippen LogP contribution in [0.4, 0.5) is 5.69 Å². The van der Waals surface area contributed by atoms with Gasteiger partial charge in [-0.3, -0.25) is 4.79 Å². The first-order valence-corrected chi connectivity index (χ1v) is 8.70. The van der Waals surface area contributed by atoms with Gasteiger partial charge < -0.3 is 11.1 Å². The minimum Gasteiger partial charge on any atom is -0.327 e. The molecule has 5 heteroatoms. The molecule has 3 unspecified atom stereocenters. The second-order valence-electron chi connectivity index (χ2n) is 6.52. The highest BCUT2D eigenvalue weighted by Gasteiger charge is 2.45. The van der Waals surface area contributed by atoms with Crippen molar-refractivity contribution in [2.24, 2.45) is 23.0 Å². The highest BCUT2D eigenvalue weighted by atomic mass is 127. The van der Waals surface area contributed by atoms with Crippen LogP contribution in [0, 0.1) is 20.8 Å². The van der Waals surface area contributed by atoms with Gasteiger partial charge >= 0.3 is 0 Å². The number of anilines is 1. The van der Waals surface area contributed by atoms with E-state index in [1.165, 1.54) is 0 Å². The van der Waals surface area contributed by atoms with Crippen LogP contribution in [-0.4, -0.2) is 11.9 Å². The van der Waals surface area contributed by atoms with Gasteiger partial charge in [0.25, 0.3) is 0 Å². The van der Waals surface area contributed by atoms with E-state index in [1.807, 2.05) is 12.1 Å². The number of carbonyl (C=O) groups is 1. The number of nitrogens with two attached hydrogens (primary N) is 1. The first-order valence-electron chi connectivity index (χ1n) is 7.25. The van der Waals surface area contributed by atoms with Crippen molar-refractivity contribution in [2.75, 3.05) is 5.32 Å². The fraction of sp³-hybridized carbons (Fsp3) is 0.562. The van der Waals surface area contributed by atoms with Crippen LogP contribution in [0.15, 0.2) is 18.2 Å². The van der Waals surface area contributed by atoms with E-state index in [0.717, 1.165) is 22.1 Å². The first-order chi connectivity index (χ1) is 9.73. The molecule has 0 heterocycles. The molecule has 3 atom stereocenters. The van der Waals surface area contributed by atoms with Gasteiger partial charge in [-0.1, -0.05) is 32.4 Å². The van der Waals surface area contributed by atoms with E-state index in [-0.39, 0.29) is 23.3 Å². The zero-order valence-corrected chi connectivity index (χ0v) is 15.5. The standard InChI is InChI=1S/C16H22ClIN2O/c1-9-13(19)6-5-11(16(9,2)3)15(21)20-14-7-4-10(17)8-12(14)18/h4,7-9,11,13H,5-6,19H2,1-3H3,(H,20,21). The summed E-state index contributed by atoms with van der Waals surface area (Å²) in [6.45, 7) is 6.44. The summed E-state index contributed by atoms with van der Waals surface area (Å²) in [4.78, 5) is 12.7. The molecule has 0 saturated heterocycles. The fourth-order valence-electron chi connectivity index (χ4n) is 3.13. The van der Waals surface area contributed by atoms with Crippen LogP contribution in [0.2, 0.25) is 5.02 Å². The fourth-order valence-corrected chi connectivity index (χ4v) is 4.14. The van der Waals surface area contributed by atoms with Crippen LogP contribution in [0.1, 0.15) is 33.6 Å². The molecule has 0 aliphatic heterocycles. The zero-order chi connectivity index (χ0) is 15.8. The summed E-state index contributed by atoms with van der Waals surface area (Å²) < 4.78 is 0.951. The predicted octanol–water partition coefficient (Wildman–Crippen LogP) is 4.28. The number of benzene rings is 1. The van der Waals surface area contributed by atoms with Gasteiger partial charge in [0.15, 0.2) is 0 Å². The van der Waals surface area contributed by atoms with Crippen molar-refractivity contribution in [1.82, 2.24) is 0 Å². The quantitative estimate of drug-likeness (QED) is 0.702. The van der Waals surface area contributed by atoms with Crippen molar-refractivity contribution in [2.45, 2.75) is 39.7 Å². The van der Waals surface area contributed by atoms with E-state index in [4.69, 9.17) is 17.3 Å². The Hall–Kier alpha value is -0.330. The van der Waals surface area contributed by atoms with Gasteiger partial charge in [0, 0.05) is 20.6 Å². The average Bonchev–Trinajstić information content (AvgIpc) is 2.39. The largest absolute Gasteiger partial charge is 0.327 e. The summed E-state index contributed by atoms with van der Waals surface area (Å²) in [6.07, 6.45) is 1.74. The molecule has 116 valence electrons. The summed E-state index contributed by atoms with van der Waals surface area (Å²) in [7, 11) is 0. The van der Waals surface area contributed by atoms with Crippen LogP contribution < -0.4 is 11.1 Å².